The molecule has 0 bridgehead atoms. The molecule has 0 spiro atoms. The highest BCUT2D eigenvalue weighted by Crippen LogP contribution is 2.52. The second kappa shape index (κ2) is 4.10. The molecule has 1 aliphatic rings. The van der Waals surface area contributed by atoms with Crippen LogP contribution in [0.25, 0.3) is 0 Å². The van der Waals surface area contributed by atoms with Gasteiger partial charge in [0, 0.05) is 24.1 Å². The van der Waals surface area contributed by atoms with Crippen molar-refractivity contribution in [3.63, 3.8) is 0 Å². The zero-order chi connectivity index (χ0) is 11.6. The quantitative estimate of drug-likeness (QED) is 0.461. The summed E-state index contributed by atoms with van der Waals surface area (Å²) in [5.74, 6) is 1.99. The van der Waals surface area contributed by atoms with Crippen molar-refractivity contribution in [3.8, 4) is 5.75 Å². The van der Waals surface area contributed by atoms with Gasteiger partial charge in [0.25, 0.3) is 13.1 Å². The maximum atomic E-state index is 12.0. The van der Waals surface area contributed by atoms with Gasteiger partial charge < -0.3 is 4.52 Å². The number of benzene rings is 1. The first kappa shape index (κ1) is 10.9. The molecular formula is C10H10NO4P. The average Bonchev–Trinajstić information content (AvgIpc) is 2.65. The molecule has 0 aliphatic carbocycles. The Kier molecular flexibility index (Phi) is 2.79. The molecule has 0 aromatic heterocycles. The molecule has 1 aromatic carbocycles. The Labute approximate surface area is 92.3 Å². The molecule has 5 nitrogen and oxygen atoms in total. The summed E-state index contributed by atoms with van der Waals surface area (Å²) in [5, 5.41) is 10.4. The van der Waals surface area contributed by atoms with Crippen LogP contribution in [0.15, 0.2) is 36.2 Å². The van der Waals surface area contributed by atoms with E-state index in [-0.39, 0.29) is 5.69 Å². The zero-order valence-corrected chi connectivity index (χ0v) is 9.30. The van der Waals surface area contributed by atoms with Crippen molar-refractivity contribution in [2.45, 2.75) is 6.42 Å². The van der Waals surface area contributed by atoms with E-state index in [4.69, 9.17) is 4.52 Å². The summed E-state index contributed by atoms with van der Waals surface area (Å²) in [6.07, 6.45) is 3.08. The number of allylic oxidation sites excluding steroid dienone is 1. The third-order valence-electron chi connectivity index (χ3n) is 2.25. The summed E-state index contributed by atoms with van der Waals surface area (Å²) >= 11 is 0. The average molecular weight is 239 g/mol. The van der Waals surface area contributed by atoms with Gasteiger partial charge in [-0.05, 0) is 18.6 Å². The molecule has 0 radical (unpaired) electrons. The third kappa shape index (κ3) is 2.31. The molecule has 1 aromatic rings. The molecule has 84 valence electrons. The van der Waals surface area contributed by atoms with Gasteiger partial charge in [-0.25, -0.2) is 0 Å². The fourth-order valence-electron chi connectivity index (χ4n) is 1.45. The lowest BCUT2D eigenvalue weighted by molar-refractivity contribution is -0.384. The highest BCUT2D eigenvalue weighted by Gasteiger charge is 2.24. The summed E-state index contributed by atoms with van der Waals surface area (Å²) in [4.78, 5) is 9.93. The Hall–Kier alpha value is -1.61. The van der Waals surface area contributed by atoms with Crippen molar-refractivity contribution < 1.29 is 14.0 Å². The van der Waals surface area contributed by atoms with Crippen LogP contribution in [-0.4, -0.2) is 11.1 Å². The molecule has 1 atom stereocenters. The van der Waals surface area contributed by atoms with E-state index in [1.807, 2.05) is 6.08 Å². The Morgan fingerprint density at radius 2 is 2.00 bits per heavy atom. The highest BCUT2D eigenvalue weighted by atomic mass is 31.2. The summed E-state index contributed by atoms with van der Waals surface area (Å²) in [6, 6.07) is 5.59. The van der Waals surface area contributed by atoms with Crippen molar-refractivity contribution >= 4 is 13.1 Å². The number of non-ortho nitro benzene ring substituents is 1. The lowest BCUT2D eigenvalue weighted by atomic mass is 10.3. The first-order valence-electron chi connectivity index (χ1n) is 4.80. The van der Waals surface area contributed by atoms with Gasteiger partial charge in [-0.15, -0.1) is 0 Å². The van der Waals surface area contributed by atoms with Crippen LogP contribution in [0.1, 0.15) is 6.42 Å². The van der Waals surface area contributed by atoms with E-state index in [2.05, 4.69) is 0 Å². The molecule has 0 fully saturated rings. The van der Waals surface area contributed by atoms with Crippen LogP contribution in [-0.2, 0) is 4.57 Å². The SMILES string of the molecule is O=[N+]([O-])c1ccc(O[P@@]2(=O)C=CCC2)cc1. The van der Waals surface area contributed by atoms with Crippen LogP contribution in [0.4, 0.5) is 5.69 Å². The van der Waals surface area contributed by atoms with Crippen molar-refractivity contribution in [1.29, 1.82) is 0 Å². The molecule has 2 rings (SSSR count). The van der Waals surface area contributed by atoms with Gasteiger partial charge in [-0.1, -0.05) is 6.08 Å². The molecule has 1 heterocycles. The summed E-state index contributed by atoms with van der Waals surface area (Å²) in [6.45, 7) is 0. The Bertz CT molecular complexity index is 480. The largest absolute Gasteiger partial charge is 0.440 e. The van der Waals surface area contributed by atoms with Gasteiger partial charge in [0.05, 0.1) is 4.92 Å². The number of nitrogens with zero attached hydrogens (tertiary/aromatic N) is 1. The molecular weight excluding hydrogens is 229 g/mol. The van der Waals surface area contributed by atoms with Crippen LogP contribution in [0.3, 0.4) is 0 Å². The molecule has 0 amide bonds. The van der Waals surface area contributed by atoms with Crippen LogP contribution >= 0.6 is 7.37 Å². The topological polar surface area (TPSA) is 69.4 Å². The summed E-state index contributed by atoms with van der Waals surface area (Å²) in [7, 11) is -2.68. The predicted molar refractivity (Wildman–Crippen MR) is 60.0 cm³/mol. The monoisotopic (exact) mass is 239 g/mol. The number of hydrogen-bond donors (Lipinski definition) is 0. The molecule has 1 aliphatic heterocycles. The van der Waals surface area contributed by atoms with E-state index in [1.54, 1.807) is 5.82 Å². The van der Waals surface area contributed by atoms with Gasteiger partial charge >= 0.3 is 0 Å². The molecule has 0 saturated heterocycles. The molecule has 6 heteroatoms. The second-order valence-electron chi connectivity index (χ2n) is 3.47. The first-order valence-corrected chi connectivity index (χ1v) is 6.67. The molecule has 0 N–H and O–H groups in total. The minimum Gasteiger partial charge on any atom is -0.440 e. The lowest BCUT2D eigenvalue weighted by Gasteiger charge is -2.11. The van der Waals surface area contributed by atoms with Gasteiger partial charge in [-0.3, -0.25) is 14.7 Å². The smallest absolute Gasteiger partial charge is 0.270 e. The number of nitro benzene ring substituents is 1. The predicted octanol–water partition coefficient (Wildman–Crippen LogP) is 3.17. The van der Waals surface area contributed by atoms with Crippen LogP contribution < -0.4 is 4.52 Å². The summed E-state index contributed by atoms with van der Waals surface area (Å²) in [5.41, 5.74) is -0.00686. The zero-order valence-electron chi connectivity index (χ0n) is 8.41. The maximum absolute atomic E-state index is 12.0. The van der Waals surface area contributed by atoms with E-state index >= 15 is 0 Å². The second-order valence-corrected chi connectivity index (χ2v) is 5.85. The fraction of sp³-hybridized carbons (Fsp3) is 0.200. The highest BCUT2D eigenvalue weighted by molar-refractivity contribution is 7.62. The van der Waals surface area contributed by atoms with Crippen LogP contribution in [0, 0.1) is 10.1 Å². The van der Waals surface area contributed by atoms with Gasteiger partial charge in [0.1, 0.15) is 5.75 Å². The minimum absolute atomic E-state index is 0.00686. The van der Waals surface area contributed by atoms with E-state index < -0.39 is 12.3 Å². The Balaban J connectivity index is 2.14. The lowest BCUT2D eigenvalue weighted by Crippen LogP contribution is -1.92. The third-order valence-corrected chi connectivity index (χ3v) is 4.31. The van der Waals surface area contributed by atoms with Crippen molar-refractivity contribution in [2.24, 2.45) is 0 Å². The minimum atomic E-state index is -2.68. The van der Waals surface area contributed by atoms with Crippen LogP contribution in [0.5, 0.6) is 5.75 Å². The van der Waals surface area contributed by atoms with Gasteiger partial charge in [-0.2, -0.15) is 0 Å². The number of rotatable bonds is 3. The summed E-state index contributed by atoms with van der Waals surface area (Å²) < 4.78 is 17.3. The van der Waals surface area contributed by atoms with E-state index in [1.165, 1.54) is 24.3 Å². The Morgan fingerprint density at radius 3 is 2.50 bits per heavy atom. The Morgan fingerprint density at radius 1 is 1.31 bits per heavy atom. The van der Waals surface area contributed by atoms with Crippen molar-refractivity contribution in [3.05, 3.63) is 46.3 Å². The maximum Gasteiger partial charge on any atom is 0.270 e. The molecule has 16 heavy (non-hydrogen) atoms. The van der Waals surface area contributed by atoms with E-state index in [9.17, 15) is 14.7 Å². The van der Waals surface area contributed by atoms with E-state index in [0.717, 1.165) is 6.42 Å². The number of nitro groups is 1. The van der Waals surface area contributed by atoms with E-state index in [0.29, 0.717) is 11.9 Å². The number of hydrogen-bond acceptors (Lipinski definition) is 4. The van der Waals surface area contributed by atoms with Gasteiger partial charge in [0.2, 0.25) is 0 Å². The molecule has 0 saturated carbocycles. The first-order chi connectivity index (χ1) is 7.59. The molecule has 0 unspecified atom stereocenters. The van der Waals surface area contributed by atoms with Gasteiger partial charge in [0.15, 0.2) is 0 Å². The standard InChI is InChI=1S/C10H10NO4P/c12-11(13)9-3-5-10(6-4-9)15-16(14)7-1-2-8-16/h1,3-7H,2,8H2/t16-/m0/s1. The van der Waals surface area contributed by atoms with Crippen molar-refractivity contribution in [1.82, 2.24) is 0 Å². The van der Waals surface area contributed by atoms with Crippen LogP contribution in [0.2, 0.25) is 0 Å². The fourth-order valence-corrected chi connectivity index (χ4v) is 3.21. The normalized spacial score (nSPS) is 23.2. The van der Waals surface area contributed by atoms with Crippen molar-refractivity contribution in [2.75, 3.05) is 6.16 Å².